The molecular formula is C26H40N2. The van der Waals surface area contributed by atoms with Crippen molar-refractivity contribution in [2.75, 3.05) is 26.2 Å². The molecule has 2 rings (SSSR count). The lowest BCUT2D eigenvalue weighted by atomic mass is 10.0. The molecule has 0 N–H and O–H groups in total. The predicted molar refractivity (Wildman–Crippen MR) is 124 cm³/mol. The minimum Gasteiger partial charge on any atom is -0.299 e. The molecule has 2 nitrogen and oxygen atoms in total. The van der Waals surface area contributed by atoms with Crippen molar-refractivity contribution < 1.29 is 0 Å². The topological polar surface area (TPSA) is 6.48 Å². The lowest BCUT2D eigenvalue weighted by molar-refractivity contribution is 0.266. The first-order valence-electron chi connectivity index (χ1n) is 11.3. The van der Waals surface area contributed by atoms with Gasteiger partial charge in [0, 0.05) is 13.1 Å². The fraction of sp³-hybridized carbons (Fsp3) is 0.538. The molecule has 0 aliphatic carbocycles. The van der Waals surface area contributed by atoms with Gasteiger partial charge in [-0.25, -0.2) is 0 Å². The molecule has 0 saturated carbocycles. The van der Waals surface area contributed by atoms with Gasteiger partial charge in [-0.1, -0.05) is 64.1 Å². The average Bonchev–Trinajstić information content (AvgIpc) is 2.69. The van der Waals surface area contributed by atoms with Gasteiger partial charge in [0.1, 0.15) is 0 Å². The molecule has 0 aromatic heterocycles. The molecular weight excluding hydrogens is 340 g/mol. The third-order valence-corrected chi connectivity index (χ3v) is 5.16. The summed E-state index contributed by atoms with van der Waals surface area (Å²) in [6, 6.07) is 18.2. The van der Waals surface area contributed by atoms with Crippen molar-refractivity contribution in [2.45, 2.75) is 66.5 Å². The highest BCUT2D eigenvalue weighted by Crippen LogP contribution is 2.23. The minimum atomic E-state index is 1.05. The number of rotatable bonds is 13. The molecule has 0 radical (unpaired) electrons. The standard InChI is InChI=1S/C26H40N2/c1-5-15-27(16-6-2)21-23-11-9-13-25(19-23)26-14-10-12-24(20-26)22-28(17-7-3)18-8-4/h9-14,19-20H,5-8,15-18,21-22H2,1-4H3. The van der Waals surface area contributed by atoms with Crippen LogP contribution in [-0.4, -0.2) is 36.0 Å². The van der Waals surface area contributed by atoms with Gasteiger partial charge in [-0.05, 0) is 86.2 Å². The van der Waals surface area contributed by atoms with Gasteiger partial charge in [-0.15, -0.1) is 0 Å². The Morgan fingerprint density at radius 2 is 0.893 bits per heavy atom. The van der Waals surface area contributed by atoms with E-state index >= 15 is 0 Å². The maximum absolute atomic E-state index is 2.57. The Balaban J connectivity index is 2.14. The second-order valence-corrected chi connectivity index (χ2v) is 7.95. The average molecular weight is 381 g/mol. The van der Waals surface area contributed by atoms with Crippen LogP contribution in [0, 0.1) is 0 Å². The maximum atomic E-state index is 2.57. The first kappa shape index (κ1) is 22.6. The molecule has 0 atom stereocenters. The zero-order valence-electron chi connectivity index (χ0n) is 18.6. The van der Waals surface area contributed by atoms with Gasteiger partial charge in [-0.3, -0.25) is 9.80 Å². The van der Waals surface area contributed by atoms with Crippen molar-refractivity contribution >= 4 is 0 Å². The number of hydrogen-bond acceptors (Lipinski definition) is 2. The number of benzene rings is 2. The Morgan fingerprint density at radius 1 is 0.536 bits per heavy atom. The van der Waals surface area contributed by atoms with Gasteiger partial charge < -0.3 is 0 Å². The molecule has 154 valence electrons. The van der Waals surface area contributed by atoms with Crippen molar-refractivity contribution in [3.63, 3.8) is 0 Å². The summed E-state index contributed by atoms with van der Waals surface area (Å²) in [6.45, 7) is 15.9. The van der Waals surface area contributed by atoms with Crippen LogP contribution in [0.2, 0.25) is 0 Å². The van der Waals surface area contributed by atoms with Crippen LogP contribution in [0.4, 0.5) is 0 Å². The highest BCUT2D eigenvalue weighted by molar-refractivity contribution is 5.65. The van der Waals surface area contributed by atoms with E-state index in [1.54, 1.807) is 0 Å². The number of hydrogen-bond donors (Lipinski definition) is 0. The van der Waals surface area contributed by atoms with Gasteiger partial charge in [0.05, 0.1) is 0 Å². The zero-order valence-corrected chi connectivity index (χ0v) is 18.6. The third-order valence-electron chi connectivity index (χ3n) is 5.16. The van der Waals surface area contributed by atoms with Crippen LogP contribution in [-0.2, 0) is 13.1 Å². The Kier molecular flexibility index (Phi) is 10.3. The lowest BCUT2D eigenvalue weighted by Gasteiger charge is -2.22. The summed E-state index contributed by atoms with van der Waals surface area (Å²) in [5, 5.41) is 0. The third kappa shape index (κ3) is 7.41. The van der Waals surface area contributed by atoms with E-state index in [2.05, 4.69) is 86.0 Å². The molecule has 0 saturated heterocycles. The summed E-state index contributed by atoms with van der Waals surface area (Å²) >= 11 is 0. The van der Waals surface area contributed by atoms with Crippen LogP contribution in [0.5, 0.6) is 0 Å². The molecule has 0 heterocycles. The second kappa shape index (κ2) is 12.7. The minimum absolute atomic E-state index is 1.05. The molecule has 0 spiro atoms. The first-order chi connectivity index (χ1) is 13.7. The van der Waals surface area contributed by atoms with E-state index in [1.807, 2.05) is 0 Å². The molecule has 0 bridgehead atoms. The summed E-state index contributed by atoms with van der Waals surface area (Å²) in [5.41, 5.74) is 5.52. The smallest absolute Gasteiger partial charge is 0.0233 e. The summed E-state index contributed by atoms with van der Waals surface area (Å²) in [6.07, 6.45) is 4.86. The lowest BCUT2D eigenvalue weighted by Crippen LogP contribution is -2.25. The van der Waals surface area contributed by atoms with Crippen molar-refractivity contribution in [3.05, 3.63) is 59.7 Å². The molecule has 0 fully saturated rings. The number of nitrogens with zero attached hydrogens (tertiary/aromatic N) is 2. The van der Waals surface area contributed by atoms with Crippen molar-refractivity contribution in [3.8, 4) is 11.1 Å². The van der Waals surface area contributed by atoms with Gasteiger partial charge >= 0.3 is 0 Å². The molecule has 0 aliphatic heterocycles. The fourth-order valence-electron chi connectivity index (χ4n) is 4.02. The van der Waals surface area contributed by atoms with Gasteiger partial charge in [0.25, 0.3) is 0 Å². The summed E-state index contributed by atoms with van der Waals surface area (Å²) in [4.78, 5) is 5.14. The quantitative estimate of drug-likeness (QED) is 0.386. The van der Waals surface area contributed by atoms with E-state index in [0.29, 0.717) is 0 Å². The van der Waals surface area contributed by atoms with Crippen molar-refractivity contribution in [2.24, 2.45) is 0 Å². The zero-order chi connectivity index (χ0) is 20.2. The highest BCUT2D eigenvalue weighted by atomic mass is 15.1. The van der Waals surface area contributed by atoms with Crippen LogP contribution >= 0.6 is 0 Å². The SMILES string of the molecule is CCCN(CCC)Cc1cccc(-c2cccc(CN(CCC)CCC)c2)c1. The fourth-order valence-corrected chi connectivity index (χ4v) is 4.02. The van der Waals surface area contributed by atoms with E-state index in [4.69, 9.17) is 0 Å². The monoisotopic (exact) mass is 380 g/mol. The first-order valence-corrected chi connectivity index (χ1v) is 11.3. The van der Waals surface area contributed by atoms with E-state index in [-0.39, 0.29) is 0 Å². The Bertz CT molecular complexity index is 608. The maximum Gasteiger partial charge on any atom is 0.0233 e. The van der Waals surface area contributed by atoms with Crippen molar-refractivity contribution in [1.29, 1.82) is 0 Å². The van der Waals surface area contributed by atoms with Crippen LogP contribution in [0.15, 0.2) is 48.5 Å². The molecule has 28 heavy (non-hydrogen) atoms. The molecule has 0 unspecified atom stereocenters. The predicted octanol–water partition coefficient (Wildman–Crippen LogP) is 6.60. The van der Waals surface area contributed by atoms with Crippen molar-refractivity contribution in [1.82, 2.24) is 9.80 Å². The van der Waals surface area contributed by atoms with E-state index in [9.17, 15) is 0 Å². The normalized spacial score (nSPS) is 11.5. The van der Waals surface area contributed by atoms with E-state index in [0.717, 1.165) is 13.1 Å². The van der Waals surface area contributed by atoms with Gasteiger partial charge in [0.15, 0.2) is 0 Å². The summed E-state index contributed by atoms with van der Waals surface area (Å²) in [7, 11) is 0. The van der Waals surface area contributed by atoms with Crippen LogP contribution in [0.1, 0.15) is 64.5 Å². The molecule has 0 aliphatic rings. The molecule has 2 aromatic rings. The molecule has 0 amide bonds. The van der Waals surface area contributed by atoms with E-state index < -0.39 is 0 Å². The van der Waals surface area contributed by atoms with Crippen LogP contribution < -0.4 is 0 Å². The Morgan fingerprint density at radius 3 is 1.21 bits per heavy atom. The van der Waals surface area contributed by atoms with E-state index in [1.165, 1.54) is 74.1 Å². The van der Waals surface area contributed by atoms with Gasteiger partial charge in [-0.2, -0.15) is 0 Å². The highest BCUT2D eigenvalue weighted by Gasteiger charge is 2.08. The molecule has 2 aromatic carbocycles. The Hall–Kier alpha value is -1.64. The van der Waals surface area contributed by atoms with Crippen LogP contribution in [0.25, 0.3) is 11.1 Å². The van der Waals surface area contributed by atoms with Gasteiger partial charge in [0.2, 0.25) is 0 Å². The van der Waals surface area contributed by atoms with Crippen LogP contribution in [0.3, 0.4) is 0 Å². The Labute approximate surface area is 173 Å². The summed E-state index contributed by atoms with van der Waals surface area (Å²) in [5.74, 6) is 0. The summed E-state index contributed by atoms with van der Waals surface area (Å²) < 4.78 is 0. The second-order valence-electron chi connectivity index (χ2n) is 7.95. The molecule has 2 heteroatoms. The largest absolute Gasteiger partial charge is 0.299 e.